The maximum Gasteiger partial charge on any atom is 0.324 e. The Morgan fingerprint density at radius 2 is 1.18 bits per heavy atom. The Balaban J connectivity index is 3.03. The number of carboxylic acids is 2. The van der Waals surface area contributed by atoms with Gasteiger partial charge in [0.15, 0.2) is 0 Å². The Morgan fingerprint density at radius 3 is 1.41 bits per heavy atom. The third-order valence-electron chi connectivity index (χ3n) is 3.32. The molecular formula is C12H18N2O8. The predicted octanol–water partition coefficient (Wildman–Crippen LogP) is -2.14. The number of piperazine rings is 1. The van der Waals surface area contributed by atoms with Crippen molar-refractivity contribution in [3.05, 3.63) is 0 Å². The van der Waals surface area contributed by atoms with Crippen molar-refractivity contribution in [2.24, 2.45) is 0 Å². The summed E-state index contributed by atoms with van der Waals surface area (Å²) < 4.78 is 9.23. The zero-order chi connectivity index (χ0) is 16.9. The quantitative estimate of drug-likeness (QED) is 0.522. The smallest absolute Gasteiger partial charge is 0.324 e. The van der Waals surface area contributed by atoms with E-state index in [-0.39, 0.29) is 13.1 Å². The van der Waals surface area contributed by atoms with Gasteiger partial charge in [-0.3, -0.25) is 29.0 Å². The molecular weight excluding hydrogens is 300 g/mol. The first-order valence-corrected chi connectivity index (χ1v) is 6.37. The van der Waals surface area contributed by atoms with E-state index in [4.69, 9.17) is 10.2 Å². The van der Waals surface area contributed by atoms with Crippen LogP contribution < -0.4 is 0 Å². The summed E-state index contributed by atoms with van der Waals surface area (Å²) in [6.07, 6.45) is 0. The van der Waals surface area contributed by atoms with E-state index < -0.39 is 49.1 Å². The van der Waals surface area contributed by atoms with Crippen molar-refractivity contribution in [1.29, 1.82) is 0 Å². The number of methoxy groups -OCH3 is 2. The van der Waals surface area contributed by atoms with Crippen LogP contribution in [0.4, 0.5) is 0 Å². The average Bonchev–Trinajstić information content (AvgIpc) is 2.45. The second kappa shape index (κ2) is 7.71. The molecule has 1 fully saturated rings. The summed E-state index contributed by atoms with van der Waals surface area (Å²) in [7, 11) is 2.30. The van der Waals surface area contributed by atoms with Gasteiger partial charge in [0.2, 0.25) is 0 Å². The summed E-state index contributed by atoms with van der Waals surface area (Å²) in [5.41, 5.74) is 0. The molecule has 1 aliphatic rings. The highest BCUT2D eigenvalue weighted by Crippen LogP contribution is 2.17. The molecule has 124 valence electrons. The Labute approximate surface area is 126 Å². The van der Waals surface area contributed by atoms with Crippen LogP contribution in [0.5, 0.6) is 0 Å². The summed E-state index contributed by atoms with van der Waals surface area (Å²) in [5, 5.41) is 17.8. The molecule has 1 aliphatic heterocycles. The van der Waals surface area contributed by atoms with E-state index >= 15 is 0 Å². The molecule has 10 heteroatoms. The third-order valence-corrected chi connectivity index (χ3v) is 3.32. The van der Waals surface area contributed by atoms with Gasteiger partial charge < -0.3 is 19.7 Å². The van der Waals surface area contributed by atoms with Gasteiger partial charge in [0.25, 0.3) is 0 Å². The van der Waals surface area contributed by atoms with Crippen LogP contribution in [0, 0.1) is 0 Å². The van der Waals surface area contributed by atoms with Gasteiger partial charge in [0.05, 0.1) is 27.3 Å². The molecule has 0 spiro atoms. The van der Waals surface area contributed by atoms with Crippen molar-refractivity contribution in [3.63, 3.8) is 0 Å². The fourth-order valence-corrected chi connectivity index (χ4v) is 2.35. The van der Waals surface area contributed by atoms with Gasteiger partial charge >= 0.3 is 23.9 Å². The number of carboxylic acid groups (broad SMARTS) is 2. The van der Waals surface area contributed by atoms with Gasteiger partial charge in [-0.2, -0.15) is 0 Å². The molecule has 0 bridgehead atoms. The summed E-state index contributed by atoms with van der Waals surface area (Å²) in [6, 6.07) is -1.94. The number of esters is 2. The highest BCUT2D eigenvalue weighted by Gasteiger charge is 2.42. The second-order valence-corrected chi connectivity index (χ2v) is 4.72. The van der Waals surface area contributed by atoms with Crippen molar-refractivity contribution >= 4 is 23.9 Å². The van der Waals surface area contributed by atoms with Crippen LogP contribution in [0.25, 0.3) is 0 Å². The lowest BCUT2D eigenvalue weighted by Gasteiger charge is -2.42. The van der Waals surface area contributed by atoms with Crippen molar-refractivity contribution < 1.29 is 38.9 Å². The molecule has 10 nitrogen and oxygen atoms in total. The van der Waals surface area contributed by atoms with E-state index in [2.05, 4.69) is 9.47 Å². The number of rotatable bonds is 6. The molecule has 0 aliphatic carbocycles. The third kappa shape index (κ3) is 4.40. The van der Waals surface area contributed by atoms with Gasteiger partial charge in [-0.15, -0.1) is 0 Å². The van der Waals surface area contributed by atoms with Crippen molar-refractivity contribution in [2.75, 3.05) is 40.4 Å². The van der Waals surface area contributed by atoms with Crippen LogP contribution in [-0.4, -0.2) is 96.4 Å². The molecule has 0 radical (unpaired) electrons. The topological polar surface area (TPSA) is 134 Å². The van der Waals surface area contributed by atoms with E-state index in [1.807, 2.05) is 0 Å². The Kier molecular flexibility index (Phi) is 6.25. The lowest BCUT2D eigenvalue weighted by atomic mass is 10.1. The molecule has 0 saturated carbocycles. The molecule has 1 rings (SSSR count). The van der Waals surface area contributed by atoms with Crippen LogP contribution in [0.15, 0.2) is 0 Å². The highest BCUT2D eigenvalue weighted by molar-refractivity contribution is 5.81. The number of carbonyl (C=O) groups excluding carboxylic acids is 2. The number of nitrogens with zero attached hydrogens (tertiary/aromatic N) is 2. The largest absolute Gasteiger partial charge is 0.480 e. The van der Waals surface area contributed by atoms with Crippen LogP contribution in [0.1, 0.15) is 0 Å². The molecule has 1 saturated heterocycles. The number of hydrogen-bond acceptors (Lipinski definition) is 8. The van der Waals surface area contributed by atoms with Crippen LogP contribution in [-0.2, 0) is 28.7 Å². The Hall–Kier alpha value is -2.20. The first kappa shape index (κ1) is 17.9. The van der Waals surface area contributed by atoms with Crippen molar-refractivity contribution in [2.45, 2.75) is 12.1 Å². The molecule has 2 atom stereocenters. The fraction of sp³-hybridized carbons (Fsp3) is 0.667. The summed E-state index contributed by atoms with van der Waals surface area (Å²) >= 11 is 0. The molecule has 2 N–H and O–H groups in total. The van der Waals surface area contributed by atoms with Gasteiger partial charge in [0.1, 0.15) is 12.1 Å². The van der Waals surface area contributed by atoms with E-state index in [0.717, 1.165) is 14.2 Å². The minimum atomic E-state index is -1.18. The molecule has 0 aromatic rings. The molecule has 0 amide bonds. The highest BCUT2D eigenvalue weighted by atomic mass is 16.5. The second-order valence-electron chi connectivity index (χ2n) is 4.72. The summed E-state index contributed by atoms with van der Waals surface area (Å²) in [5.74, 6) is -3.74. The van der Waals surface area contributed by atoms with Crippen molar-refractivity contribution in [3.8, 4) is 0 Å². The number of hydrogen-bond donors (Lipinski definition) is 2. The summed E-state index contributed by atoms with van der Waals surface area (Å²) in [4.78, 5) is 47.9. The Bertz CT molecular complexity index is 424. The normalized spacial score (nSPS) is 22.8. The lowest BCUT2D eigenvalue weighted by molar-refractivity contribution is -0.163. The maximum atomic E-state index is 11.8. The lowest BCUT2D eigenvalue weighted by Crippen LogP contribution is -2.64. The average molecular weight is 318 g/mol. The van der Waals surface area contributed by atoms with Gasteiger partial charge in [-0.25, -0.2) is 0 Å². The van der Waals surface area contributed by atoms with E-state index in [9.17, 15) is 19.2 Å². The molecule has 0 aromatic carbocycles. The maximum absolute atomic E-state index is 11.8. The first-order valence-electron chi connectivity index (χ1n) is 6.37. The van der Waals surface area contributed by atoms with Crippen LogP contribution in [0.2, 0.25) is 0 Å². The zero-order valence-corrected chi connectivity index (χ0v) is 12.2. The SMILES string of the molecule is COC(=O)[C@H]1CN(CC(=O)O)[C@@H](C(=O)OC)CN1CC(=O)O. The summed E-state index contributed by atoms with van der Waals surface area (Å²) in [6.45, 7) is -1.25. The van der Waals surface area contributed by atoms with Gasteiger partial charge in [-0.1, -0.05) is 0 Å². The molecule has 1 heterocycles. The van der Waals surface area contributed by atoms with E-state index in [0.29, 0.717) is 0 Å². The Morgan fingerprint density at radius 1 is 0.864 bits per heavy atom. The minimum Gasteiger partial charge on any atom is -0.480 e. The standard InChI is InChI=1S/C12H18N2O8/c1-21-11(19)7-3-14(6-10(17)18)8(12(20)22-2)4-13(7)5-9(15)16/h7-8H,3-6H2,1-2H3,(H,15,16)(H,17,18)/t7-,8-/m1/s1. The number of ether oxygens (including phenoxy) is 2. The van der Waals surface area contributed by atoms with E-state index in [1.54, 1.807) is 0 Å². The van der Waals surface area contributed by atoms with Gasteiger partial charge in [-0.05, 0) is 0 Å². The zero-order valence-electron chi connectivity index (χ0n) is 12.2. The van der Waals surface area contributed by atoms with Gasteiger partial charge in [0, 0.05) is 13.1 Å². The predicted molar refractivity (Wildman–Crippen MR) is 70.0 cm³/mol. The van der Waals surface area contributed by atoms with Crippen LogP contribution >= 0.6 is 0 Å². The van der Waals surface area contributed by atoms with E-state index in [1.165, 1.54) is 9.80 Å². The number of aliphatic carboxylic acids is 2. The fourth-order valence-electron chi connectivity index (χ4n) is 2.35. The first-order chi connectivity index (χ1) is 10.3. The monoisotopic (exact) mass is 318 g/mol. The minimum absolute atomic E-state index is 0.147. The molecule has 0 unspecified atom stereocenters. The van der Waals surface area contributed by atoms with Crippen LogP contribution in [0.3, 0.4) is 0 Å². The molecule has 0 aromatic heterocycles. The van der Waals surface area contributed by atoms with Crippen molar-refractivity contribution in [1.82, 2.24) is 9.80 Å². The molecule has 22 heavy (non-hydrogen) atoms. The number of carbonyl (C=O) groups is 4.